The van der Waals surface area contributed by atoms with Crippen molar-refractivity contribution in [3.63, 3.8) is 0 Å². The normalized spacial score (nSPS) is 17.3. The Morgan fingerprint density at radius 3 is 2.78 bits per heavy atom. The van der Waals surface area contributed by atoms with Gasteiger partial charge in [0.2, 0.25) is 0 Å². The fourth-order valence-corrected chi connectivity index (χ4v) is 2.39. The van der Waals surface area contributed by atoms with Crippen molar-refractivity contribution in [2.75, 3.05) is 20.3 Å². The highest BCUT2D eigenvalue weighted by molar-refractivity contribution is 5.87. The van der Waals surface area contributed by atoms with E-state index in [9.17, 15) is 4.79 Å². The Labute approximate surface area is 107 Å². The van der Waals surface area contributed by atoms with Crippen LogP contribution in [-0.4, -0.2) is 46.8 Å². The molecule has 1 saturated heterocycles. The van der Waals surface area contributed by atoms with Crippen molar-refractivity contribution >= 4 is 5.97 Å². The third kappa shape index (κ3) is 2.91. The maximum atomic E-state index is 10.9. The van der Waals surface area contributed by atoms with Crippen LogP contribution in [0.1, 0.15) is 28.9 Å². The van der Waals surface area contributed by atoms with Crippen molar-refractivity contribution in [3.8, 4) is 0 Å². The molecular formula is C13H20N2O3. The van der Waals surface area contributed by atoms with Gasteiger partial charge in [-0.25, -0.2) is 4.79 Å². The smallest absolute Gasteiger partial charge is 0.337 e. The van der Waals surface area contributed by atoms with Crippen LogP contribution in [0, 0.1) is 0 Å². The summed E-state index contributed by atoms with van der Waals surface area (Å²) in [4.78, 5) is 13.2. The van der Waals surface area contributed by atoms with Crippen LogP contribution in [0.5, 0.6) is 0 Å². The number of aromatic nitrogens is 1. The molecule has 0 aromatic carbocycles. The summed E-state index contributed by atoms with van der Waals surface area (Å²) in [5, 5.41) is 8.96. The molecule has 1 N–H and O–H groups in total. The number of carboxylic acid groups (broad SMARTS) is 1. The minimum absolute atomic E-state index is 0.355. The predicted octanol–water partition coefficient (Wildman–Crippen LogP) is 1.33. The first kappa shape index (κ1) is 13.1. The maximum absolute atomic E-state index is 10.9. The lowest BCUT2D eigenvalue weighted by Gasteiger charge is -2.31. The van der Waals surface area contributed by atoms with Crippen LogP contribution in [0.2, 0.25) is 0 Å². The molecule has 100 valence electrons. The van der Waals surface area contributed by atoms with Crippen molar-refractivity contribution in [1.82, 2.24) is 9.47 Å². The lowest BCUT2D eigenvalue weighted by Crippen LogP contribution is -2.36. The van der Waals surface area contributed by atoms with Gasteiger partial charge in [0.25, 0.3) is 0 Å². The molecule has 5 nitrogen and oxygen atoms in total. The Hall–Kier alpha value is -1.33. The summed E-state index contributed by atoms with van der Waals surface area (Å²) >= 11 is 0. The van der Waals surface area contributed by atoms with E-state index in [0.29, 0.717) is 11.6 Å². The molecular weight excluding hydrogens is 232 g/mol. The number of aromatic carboxylic acids is 1. The van der Waals surface area contributed by atoms with Gasteiger partial charge in [-0.05, 0) is 26.0 Å². The van der Waals surface area contributed by atoms with E-state index in [2.05, 4.69) is 11.9 Å². The van der Waals surface area contributed by atoms with E-state index < -0.39 is 5.97 Å². The summed E-state index contributed by atoms with van der Waals surface area (Å²) in [7, 11) is 3.98. The van der Waals surface area contributed by atoms with Crippen molar-refractivity contribution in [3.05, 3.63) is 23.5 Å². The van der Waals surface area contributed by atoms with Crippen molar-refractivity contribution in [2.24, 2.45) is 7.05 Å². The van der Waals surface area contributed by atoms with Crippen LogP contribution in [0.4, 0.5) is 0 Å². The van der Waals surface area contributed by atoms with Gasteiger partial charge in [0.15, 0.2) is 0 Å². The molecule has 0 bridgehead atoms. The Bertz CT molecular complexity index is 422. The van der Waals surface area contributed by atoms with Gasteiger partial charge < -0.3 is 14.4 Å². The lowest BCUT2D eigenvalue weighted by atomic mass is 10.1. The quantitative estimate of drug-likeness (QED) is 0.878. The highest BCUT2D eigenvalue weighted by atomic mass is 16.5. The minimum atomic E-state index is -0.870. The fraction of sp³-hybridized carbons (Fsp3) is 0.615. The molecule has 1 aliphatic rings. The molecule has 2 heterocycles. The number of carbonyl (C=O) groups is 1. The van der Waals surface area contributed by atoms with E-state index in [-0.39, 0.29) is 0 Å². The molecule has 2 rings (SSSR count). The number of ether oxygens (including phenoxy) is 1. The Kier molecular flexibility index (Phi) is 4.04. The summed E-state index contributed by atoms with van der Waals surface area (Å²) in [6.45, 7) is 2.42. The number of hydrogen-bond acceptors (Lipinski definition) is 3. The van der Waals surface area contributed by atoms with Gasteiger partial charge >= 0.3 is 5.97 Å². The standard InChI is InChI=1S/C13H20N2O3/c1-14-8-10(13(16)17)7-12(14)9-15(2)11-3-5-18-6-4-11/h7-8,11H,3-6,9H2,1-2H3,(H,16,17). The predicted molar refractivity (Wildman–Crippen MR) is 67.7 cm³/mol. The number of rotatable bonds is 4. The molecule has 5 heteroatoms. The minimum Gasteiger partial charge on any atom is -0.478 e. The van der Waals surface area contributed by atoms with Gasteiger partial charge in [-0.2, -0.15) is 0 Å². The zero-order chi connectivity index (χ0) is 13.1. The van der Waals surface area contributed by atoms with Gasteiger partial charge in [-0.15, -0.1) is 0 Å². The van der Waals surface area contributed by atoms with Crippen molar-refractivity contribution in [2.45, 2.75) is 25.4 Å². The zero-order valence-electron chi connectivity index (χ0n) is 10.9. The first-order valence-corrected chi connectivity index (χ1v) is 6.24. The molecule has 1 aliphatic heterocycles. The second-order valence-electron chi connectivity index (χ2n) is 4.89. The molecule has 0 spiro atoms. The van der Waals surface area contributed by atoms with Gasteiger partial charge in [-0.3, -0.25) is 4.90 Å². The summed E-state index contributed by atoms with van der Waals surface area (Å²) in [5.41, 5.74) is 1.38. The Morgan fingerprint density at radius 1 is 1.56 bits per heavy atom. The molecule has 1 aromatic rings. The van der Waals surface area contributed by atoms with E-state index in [1.165, 1.54) is 0 Å². The van der Waals surface area contributed by atoms with E-state index in [1.807, 2.05) is 11.6 Å². The molecule has 0 unspecified atom stereocenters. The van der Waals surface area contributed by atoms with Gasteiger partial charge in [-0.1, -0.05) is 0 Å². The van der Waals surface area contributed by atoms with E-state index >= 15 is 0 Å². The van der Waals surface area contributed by atoms with Gasteiger partial charge in [0.05, 0.1) is 5.56 Å². The number of nitrogens with zero attached hydrogens (tertiary/aromatic N) is 2. The summed E-state index contributed by atoms with van der Waals surface area (Å²) in [6, 6.07) is 2.28. The number of carboxylic acids is 1. The van der Waals surface area contributed by atoms with E-state index in [0.717, 1.165) is 38.3 Å². The summed E-state index contributed by atoms with van der Waals surface area (Å²) < 4.78 is 7.24. The molecule has 18 heavy (non-hydrogen) atoms. The van der Waals surface area contributed by atoms with Crippen LogP contribution < -0.4 is 0 Å². The first-order valence-electron chi connectivity index (χ1n) is 6.24. The second kappa shape index (κ2) is 5.54. The number of aryl methyl sites for hydroxylation is 1. The molecule has 0 aliphatic carbocycles. The maximum Gasteiger partial charge on any atom is 0.337 e. The zero-order valence-corrected chi connectivity index (χ0v) is 10.9. The topological polar surface area (TPSA) is 54.7 Å². The Balaban J connectivity index is 2.01. The molecule has 0 radical (unpaired) electrons. The largest absolute Gasteiger partial charge is 0.478 e. The monoisotopic (exact) mass is 252 g/mol. The molecule has 1 aromatic heterocycles. The third-order valence-corrected chi connectivity index (χ3v) is 3.58. The fourth-order valence-electron chi connectivity index (χ4n) is 2.39. The molecule has 0 saturated carbocycles. The average molecular weight is 252 g/mol. The van der Waals surface area contributed by atoms with Crippen LogP contribution in [-0.2, 0) is 18.3 Å². The van der Waals surface area contributed by atoms with E-state index in [1.54, 1.807) is 12.3 Å². The molecule has 0 amide bonds. The van der Waals surface area contributed by atoms with Crippen molar-refractivity contribution in [1.29, 1.82) is 0 Å². The SMILES string of the molecule is CN(Cc1cc(C(=O)O)cn1C)C1CCOCC1. The molecule has 0 atom stereocenters. The van der Waals surface area contributed by atoms with Crippen LogP contribution in [0.15, 0.2) is 12.3 Å². The highest BCUT2D eigenvalue weighted by Gasteiger charge is 2.19. The number of hydrogen-bond donors (Lipinski definition) is 1. The lowest BCUT2D eigenvalue weighted by molar-refractivity contribution is 0.0401. The third-order valence-electron chi connectivity index (χ3n) is 3.58. The van der Waals surface area contributed by atoms with E-state index in [4.69, 9.17) is 9.84 Å². The van der Waals surface area contributed by atoms with Crippen LogP contribution in [0.3, 0.4) is 0 Å². The highest BCUT2D eigenvalue weighted by Crippen LogP contribution is 2.16. The van der Waals surface area contributed by atoms with Crippen LogP contribution >= 0.6 is 0 Å². The molecule has 1 fully saturated rings. The second-order valence-corrected chi connectivity index (χ2v) is 4.89. The Morgan fingerprint density at radius 2 is 2.22 bits per heavy atom. The summed E-state index contributed by atoms with van der Waals surface area (Å²) in [5.74, 6) is -0.870. The average Bonchev–Trinajstić information content (AvgIpc) is 2.72. The van der Waals surface area contributed by atoms with Crippen molar-refractivity contribution < 1.29 is 14.6 Å². The summed E-state index contributed by atoms with van der Waals surface area (Å²) in [6.07, 6.45) is 3.76. The van der Waals surface area contributed by atoms with Crippen LogP contribution in [0.25, 0.3) is 0 Å². The van der Waals surface area contributed by atoms with Gasteiger partial charge in [0, 0.05) is 44.7 Å². The van der Waals surface area contributed by atoms with Gasteiger partial charge in [0.1, 0.15) is 0 Å². The first-order chi connectivity index (χ1) is 8.58.